The number of aromatic nitrogens is 1. The highest BCUT2D eigenvalue weighted by molar-refractivity contribution is 7.31. The Kier molecular flexibility index (Phi) is 3.28. The molecule has 1 heterocycles. The summed E-state index contributed by atoms with van der Waals surface area (Å²) < 4.78 is 9.11. The van der Waals surface area contributed by atoms with Gasteiger partial charge in [0.25, 0.3) is 5.51 Å². The van der Waals surface area contributed by atoms with Gasteiger partial charge in [-0.2, -0.15) is 9.17 Å². The molecule has 0 bridgehead atoms. The first kappa shape index (κ1) is 11.9. The Labute approximate surface area is 104 Å². The first-order valence-corrected chi connectivity index (χ1v) is 6.57. The van der Waals surface area contributed by atoms with E-state index >= 15 is 0 Å². The van der Waals surface area contributed by atoms with E-state index in [0.29, 0.717) is 0 Å². The van der Waals surface area contributed by atoms with Crippen LogP contribution < -0.4 is 4.18 Å². The molecule has 2 aromatic rings. The van der Waals surface area contributed by atoms with E-state index in [2.05, 4.69) is 11.1 Å². The zero-order valence-corrected chi connectivity index (χ0v) is 11.4. The van der Waals surface area contributed by atoms with E-state index in [-0.39, 0.29) is 10.8 Å². The van der Waals surface area contributed by atoms with Crippen molar-refractivity contribution in [3.8, 4) is 0 Å². The summed E-state index contributed by atoms with van der Waals surface area (Å²) in [5.41, 5.74) is 2.88. The molecule has 0 radical (unpaired) electrons. The summed E-state index contributed by atoms with van der Waals surface area (Å²) in [6.45, 7) is 0. The van der Waals surface area contributed by atoms with Crippen LogP contribution in [-0.4, -0.2) is 48.7 Å². The molecule has 17 heavy (non-hydrogen) atoms. The van der Waals surface area contributed by atoms with E-state index < -0.39 is 0 Å². The summed E-state index contributed by atoms with van der Waals surface area (Å²) in [5.74, 6) is 0. The van der Waals surface area contributed by atoms with Crippen molar-refractivity contribution < 1.29 is 8.76 Å². The quantitative estimate of drug-likeness (QED) is 0.333. The minimum Gasteiger partial charge on any atom is -0.230 e. The van der Waals surface area contributed by atoms with Crippen LogP contribution in [0.1, 0.15) is 0 Å². The Bertz CT molecular complexity index is 556. The van der Waals surface area contributed by atoms with E-state index in [1.54, 1.807) is 0 Å². The molecule has 0 saturated heterocycles. The lowest BCUT2D eigenvalue weighted by molar-refractivity contribution is -0.476. The first-order valence-electron chi connectivity index (χ1n) is 5.36. The number of fused-ring (bicyclic) bond motifs is 1. The predicted molar refractivity (Wildman–Crippen MR) is 71.6 cm³/mol. The van der Waals surface area contributed by atoms with Gasteiger partial charge in [-0.3, -0.25) is 0 Å². The lowest BCUT2D eigenvalue weighted by atomic mass is 10.3. The third-order valence-electron chi connectivity index (χ3n) is 2.30. The van der Waals surface area contributed by atoms with Gasteiger partial charge in [0.15, 0.2) is 0 Å². The van der Waals surface area contributed by atoms with Crippen molar-refractivity contribution in [2.45, 2.75) is 0 Å². The Hall–Kier alpha value is -1.62. The molecule has 0 spiro atoms. The number of hydrogen-bond donors (Lipinski definition) is 0. The molecule has 0 aliphatic carbocycles. The van der Waals surface area contributed by atoms with Gasteiger partial charge in [-0.15, -0.1) is 0 Å². The molecule has 1 aromatic heterocycles. The Morgan fingerprint density at radius 2 is 2.00 bits per heavy atom. The van der Waals surface area contributed by atoms with E-state index in [4.69, 9.17) is 4.18 Å². The summed E-state index contributed by atoms with van der Waals surface area (Å²) in [7, 11) is 7.49. The van der Waals surface area contributed by atoms with Gasteiger partial charge in [0.2, 0.25) is 15.5 Å². The summed E-state index contributed by atoms with van der Waals surface area (Å²) in [6, 6.07) is 8.91. The molecule has 5 heteroatoms. The Morgan fingerprint density at radius 1 is 1.29 bits per heavy atom. The maximum Gasteiger partial charge on any atom is 0.498 e. The van der Waals surface area contributed by atoms with Crippen molar-refractivity contribution in [1.29, 1.82) is 0 Å². The molecule has 4 nitrogen and oxygen atoms in total. The molecular formula is C12H17N3OS+2. The molecule has 0 amide bonds. The predicted octanol–water partition coefficient (Wildman–Crippen LogP) is 1.60. The smallest absolute Gasteiger partial charge is 0.230 e. The van der Waals surface area contributed by atoms with Crippen molar-refractivity contribution in [1.82, 2.24) is 9.88 Å². The fraction of sp³-hybridized carbons (Fsp3) is 0.333. The topological polar surface area (TPSA) is 28.4 Å². The molecule has 0 aliphatic rings. The van der Waals surface area contributed by atoms with Crippen LogP contribution in [0.25, 0.3) is 10.2 Å². The van der Waals surface area contributed by atoms with Crippen molar-refractivity contribution >= 4 is 27.0 Å². The zero-order valence-electron chi connectivity index (χ0n) is 10.5. The largest absolute Gasteiger partial charge is 0.498 e. The second-order valence-corrected chi connectivity index (χ2v) is 5.57. The molecular weight excluding hydrogens is 234 g/mol. The maximum atomic E-state index is 6.01. The van der Waals surface area contributed by atoms with Gasteiger partial charge < -0.3 is 0 Å². The number of para-hydroxylation sites is 1. The van der Waals surface area contributed by atoms with E-state index in [1.807, 2.05) is 61.4 Å². The van der Waals surface area contributed by atoms with Gasteiger partial charge in [0.05, 0.1) is 28.2 Å². The molecule has 0 N–H and O–H groups in total. The van der Waals surface area contributed by atoms with Crippen LogP contribution in [0.4, 0.5) is 0 Å². The minimum absolute atomic E-state index is 0.385. The molecule has 90 valence electrons. The first-order chi connectivity index (χ1) is 8.09. The van der Waals surface area contributed by atoms with E-state index in [0.717, 1.165) is 16.2 Å². The minimum atomic E-state index is -0.385. The number of thiazole rings is 1. The van der Waals surface area contributed by atoms with E-state index in [1.165, 1.54) is 0 Å². The summed E-state index contributed by atoms with van der Waals surface area (Å²) in [5, 5.41) is 0. The normalized spacial score (nSPS) is 11.4. The Morgan fingerprint density at radius 3 is 2.65 bits per heavy atom. The monoisotopic (exact) mass is 251 g/mol. The maximum absolute atomic E-state index is 6.01. The van der Waals surface area contributed by atoms with Crippen LogP contribution in [0.3, 0.4) is 0 Å². The number of benzene rings is 1. The third-order valence-corrected chi connectivity index (χ3v) is 3.70. The van der Waals surface area contributed by atoms with Gasteiger partial charge in [-0.25, -0.2) is 9.48 Å². The van der Waals surface area contributed by atoms with E-state index in [9.17, 15) is 0 Å². The number of rotatable bonds is 1. The van der Waals surface area contributed by atoms with Crippen LogP contribution in [0.2, 0.25) is 0 Å². The number of hydrogen-bond acceptors (Lipinski definition) is 2. The molecule has 0 aliphatic heterocycles. The standard InChI is InChI=1S/C12H17N3OS/c1-14(2)12(15(3)4)16-17-9-13-10-7-5-6-8-11(10)17/h5-9H,1-4H3/q+2. The van der Waals surface area contributed by atoms with Crippen LogP contribution >= 0.6 is 10.8 Å². The van der Waals surface area contributed by atoms with Crippen molar-refractivity contribution in [3.05, 3.63) is 29.8 Å². The van der Waals surface area contributed by atoms with Gasteiger partial charge in [-0.1, -0.05) is 12.1 Å². The van der Waals surface area contributed by atoms with Crippen molar-refractivity contribution in [2.24, 2.45) is 0 Å². The van der Waals surface area contributed by atoms with Gasteiger partial charge in [0, 0.05) is 6.07 Å². The summed E-state index contributed by atoms with van der Waals surface area (Å²) in [4.78, 5) is 6.32. The van der Waals surface area contributed by atoms with Crippen molar-refractivity contribution in [2.75, 3.05) is 28.2 Å². The molecule has 1 unspecified atom stereocenters. The van der Waals surface area contributed by atoms with Gasteiger partial charge in [-0.05, 0) is 6.07 Å². The number of amidine groups is 1. The summed E-state index contributed by atoms with van der Waals surface area (Å²) in [6.07, 6.45) is 0. The fourth-order valence-corrected chi connectivity index (χ4v) is 3.05. The molecule has 0 fully saturated rings. The third kappa shape index (κ3) is 2.39. The number of nitrogens with zero attached hydrogens (tertiary/aromatic N) is 3. The average Bonchev–Trinajstić information content (AvgIpc) is 2.68. The lowest BCUT2D eigenvalue weighted by Crippen LogP contribution is -2.34. The van der Waals surface area contributed by atoms with Crippen LogP contribution in [0.5, 0.6) is 0 Å². The van der Waals surface area contributed by atoms with Gasteiger partial charge in [0.1, 0.15) is 5.52 Å². The molecule has 1 atom stereocenters. The molecule has 0 saturated carbocycles. The second kappa shape index (κ2) is 4.71. The molecule has 2 rings (SSSR count). The zero-order chi connectivity index (χ0) is 12.4. The van der Waals surface area contributed by atoms with Gasteiger partial charge >= 0.3 is 6.02 Å². The summed E-state index contributed by atoms with van der Waals surface area (Å²) >= 11 is 0. The van der Waals surface area contributed by atoms with Crippen LogP contribution in [-0.2, 0) is 0 Å². The highest BCUT2D eigenvalue weighted by Gasteiger charge is 2.25. The van der Waals surface area contributed by atoms with Crippen LogP contribution in [0, 0.1) is 0 Å². The highest BCUT2D eigenvalue weighted by atomic mass is 32.2. The lowest BCUT2D eigenvalue weighted by Gasteiger charge is -2.04. The highest BCUT2D eigenvalue weighted by Crippen LogP contribution is 2.27. The van der Waals surface area contributed by atoms with Crippen molar-refractivity contribution in [3.63, 3.8) is 0 Å². The average molecular weight is 251 g/mol. The fourth-order valence-electron chi connectivity index (χ4n) is 1.59. The SMILES string of the molecule is CN(C)C(O[s+]1cnc2ccccc21)=[N+](C)C. The second-order valence-electron chi connectivity index (χ2n) is 4.15. The molecule has 1 aromatic carbocycles. The Balaban J connectivity index is 2.39. The van der Waals surface area contributed by atoms with Crippen LogP contribution in [0.15, 0.2) is 29.8 Å².